The van der Waals surface area contributed by atoms with E-state index in [4.69, 9.17) is 5.84 Å². The number of anilines is 1. The molecule has 1 aromatic rings. The third kappa shape index (κ3) is 3.71. The van der Waals surface area contributed by atoms with Crippen molar-refractivity contribution < 1.29 is 9.90 Å². The summed E-state index contributed by atoms with van der Waals surface area (Å²) in [4.78, 5) is 14.5. The first-order chi connectivity index (χ1) is 9.58. The van der Waals surface area contributed by atoms with E-state index in [-0.39, 0.29) is 18.6 Å². The van der Waals surface area contributed by atoms with E-state index in [9.17, 15) is 9.90 Å². The minimum Gasteiger partial charge on any atom is -0.395 e. The second kappa shape index (κ2) is 7.87. The standard InChI is InChI=1S/C15H25N3O2/c1-4-12(5-2)18(8-9-19)15(20)13-10-11(3)6-7-14(13)17-16/h6-7,10,12,17,19H,4-5,8-9,16H2,1-3H3. The number of benzene rings is 1. The van der Waals surface area contributed by atoms with Gasteiger partial charge in [-0.3, -0.25) is 10.6 Å². The largest absolute Gasteiger partial charge is 0.395 e. The van der Waals surface area contributed by atoms with Gasteiger partial charge in [0.1, 0.15) is 0 Å². The van der Waals surface area contributed by atoms with Gasteiger partial charge in [-0.25, -0.2) is 0 Å². The lowest BCUT2D eigenvalue weighted by molar-refractivity contribution is 0.0623. The van der Waals surface area contributed by atoms with Gasteiger partial charge >= 0.3 is 0 Å². The molecule has 0 atom stereocenters. The van der Waals surface area contributed by atoms with E-state index >= 15 is 0 Å². The summed E-state index contributed by atoms with van der Waals surface area (Å²) < 4.78 is 0. The van der Waals surface area contributed by atoms with Gasteiger partial charge in [0, 0.05) is 12.6 Å². The van der Waals surface area contributed by atoms with Crippen LogP contribution in [-0.2, 0) is 0 Å². The van der Waals surface area contributed by atoms with Crippen molar-refractivity contribution in [3.63, 3.8) is 0 Å². The lowest BCUT2D eigenvalue weighted by atomic mass is 10.0. The molecule has 0 bridgehead atoms. The van der Waals surface area contributed by atoms with Gasteiger partial charge in [0.25, 0.3) is 5.91 Å². The van der Waals surface area contributed by atoms with Crippen LogP contribution in [0.4, 0.5) is 5.69 Å². The molecule has 5 nitrogen and oxygen atoms in total. The van der Waals surface area contributed by atoms with Gasteiger partial charge in [-0.2, -0.15) is 0 Å². The Balaban J connectivity index is 3.14. The molecule has 0 spiro atoms. The normalized spacial score (nSPS) is 10.7. The number of aliphatic hydroxyl groups excluding tert-OH is 1. The number of hydrogen-bond acceptors (Lipinski definition) is 4. The topological polar surface area (TPSA) is 78.6 Å². The molecule has 0 saturated carbocycles. The van der Waals surface area contributed by atoms with Gasteiger partial charge in [-0.05, 0) is 31.9 Å². The molecule has 5 heteroatoms. The van der Waals surface area contributed by atoms with Gasteiger partial charge in [-0.15, -0.1) is 0 Å². The molecule has 0 aliphatic carbocycles. The zero-order chi connectivity index (χ0) is 15.1. The molecular formula is C15H25N3O2. The summed E-state index contributed by atoms with van der Waals surface area (Å²) in [6.07, 6.45) is 1.72. The second-order valence-electron chi connectivity index (χ2n) is 4.89. The van der Waals surface area contributed by atoms with Crippen LogP contribution >= 0.6 is 0 Å². The van der Waals surface area contributed by atoms with Crippen molar-refractivity contribution in [3.8, 4) is 0 Å². The Hall–Kier alpha value is -1.59. The predicted molar refractivity (Wildman–Crippen MR) is 81.5 cm³/mol. The summed E-state index contributed by atoms with van der Waals surface area (Å²) in [6.45, 7) is 6.32. The molecule has 0 saturated heterocycles. The van der Waals surface area contributed by atoms with Crippen molar-refractivity contribution >= 4 is 11.6 Å². The molecule has 1 rings (SSSR count). The number of nitrogen functional groups attached to an aromatic ring is 1. The highest BCUT2D eigenvalue weighted by atomic mass is 16.3. The molecule has 0 heterocycles. The molecule has 0 unspecified atom stereocenters. The Bertz CT molecular complexity index is 445. The van der Waals surface area contributed by atoms with Crippen LogP contribution in [0.2, 0.25) is 0 Å². The maximum Gasteiger partial charge on any atom is 0.256 e. The molecule has 20 heavy (non-hydrogen) atoms. The number of carbonyl (C=O) groups excluding carboxylic acids is 1. The fourth-order valence-corrected chi connectivity index (χ4v) is 2.40. The van der Waals surface area contributed by atoms with E-state index in [1.165, 1.54) is 0 Å². The summed E-state index contributed by atoms with van der Waals surface area (Å²) in [5, 5.41) is 9.22. The van der Waals surface area contributed by atoms with E-state index in [2.05, 4.69) is 5.43 Å². The minimum absolute atomic E-state index is 0.0422. The zero-order valence-corrected chi connectivity index (χ0v) is 12.5. The second-order valence-corrected chi connectivity index (χ2v) is 4.89. The van der Waals surface area contributed by atoms with Crippen LogP contribution in [0.25, 0.3) is 0 Å². The first kappa shape index (κ1) is 16.5. The Morgan fingerprint density at radius 2 is 2.05 bits per heavy atom. The molecule has 0 aromatic heterocycles. The first-order valence-corrected chi connectivity index (χ1v) is 7.08. The van der Waals surface area contributed by atoms with Gasteiger partial charge in [0.05, 0.1) is 17.9 Å². The van der Waals surface area contributed by atoms with Crippen LogP contribution in [0.5, 0.6) is 0 Å². The summed E-state index contributed by atoms with van der Waals surface area (Å²) in [7, 11) is 0. The number of hydrazine groups is 1. The number of aliphatic hydroxyl groups is 1. The van der Waals surface area contributed by atoms with Crippen LogP contribution in [0.3, 0.4) is 0 Å². The lowest BCUT2D eigenvalue weighted by Gasteiger charge is -2.30. The fraction of sp³-hybridized carbons (Fsp3) is 0.533. The Labute approximate surface area is 120 Å². The van der Waals surface area contributed by atoms with Gasteiger partial charge in [0.2, 0.25) is 0 Å². The minimum atomic E-state index is -0.0931. The number of rotatable bonds is 7. The molecule has 0 aliphatic heterocycles. The Morgan fingerprint density at radius 3 is 2.55 bits per heavy atom. The van der Waals surface area contributed by atoms with Gasteiger partial charge in [0.15, 0.2) is 0 Å². The van der Waals surface area contributed by atoms with Crippen LogP contribution in [-0.4, -0.2) is 35.1 Å². The maximum absolute atomic E-state index is 12.7. The van der Waals surface area contributed by atoms with Gasteiger partial charge < -0.3 is 15.4 Å². The summed E-state index contributed by atoms with van der Waals surface area (Å²) in [6, 6.07) is 5.65. The van der Waals surface area contributed by atoms with Crippen molar-refractivity contribution in [2.75, 3.05) is 18.6 Å². The average molecular weight is 279 g/mol. The van der Waals surface area contributed by atoms with E-state index in [0.29, 0.717) is 17.8 Å². The number of nitrogens with one attached hydrogen (secondary N) is 1. The molecular weight excluding hydrogens is 254 g/mol. The molecule has 4 N–H and O–H groups in total. The zero-order valence-electron chi connectivity index (χ0n) is 12.5. The van der Waals surface area contributed by atoms with Crippen molar-refractivity contribution in [1.82, 2.24) is 4.90 Å². The number of carbonyl (C=O) groups is 1. The monoisotopic (exact) mass is 279 g/mol. The molecule has 0 radical (unpaired) electrons. The molecule has 0 fully saturated rings. The third-order valence-corrected chi connectivity index (χ3v) is 3.55. The third-order valence-electron chi connectivity index (χ3n) is 3.55. The van der Waals surface area contributed by atoms with E-state index in [1.54, 1.807) is 11.0 Å². The van der Waals surface area contributed by atoms with Gasteiger partial charge in [-0.1, -0.05) is 25.5 Å². The number of nitrogens with two attached hydrogens (primary N) is 1. The summed E-state index contributed by atoms with van der Waals surface area (Å²) in [5.41, 5.74) is 4.72. The Kier molecular flexibility index (Phi) is 6.48. The summed E-state index contributed by atoms with van der Waals surface area (Å²) >= 11 is 0. The van der Waals surface area contributed by atoms with E-state index in [0.717, 1.165) is 18.4 Å². The molecule has 112 valence electrons. The van der Waals surface area contributed by atoms with Crippen LogP contribution in [0, 0.1) is 6.92 Å². The van der Waals surface area contributed by atoms with E-state index in [1.807, 2.05) is 32.9 Å². The number of hydrogen-bond donors (Lipinski definition) is 3. The van der Waals surface area contributed by atoms with E-state index < -0.39 is 0 Å². The fourth-order valence-electron chi connectivity index (χ4n) is 2.40. The maximum atomic E-state index is 12.7. The number of amides is 1. The highest BCUT2D eigenvalue weighted by Gasteiger charge is 2.23. The van der Waals surface area contributed by atoms with Crippen LogP contribution in [0.15, 0.2) is 18.2 Å². The smallest absolute Gasteiger partial charge is 0.256 e. The number of nitrogens with zero attached hydrogens (tertiary/aromatic N) is 1. The lowest BCUT2D eigenvalue weighted by Crippen LogP contribution is -2.42. The van der Waals surface area contributed by atoms with Crippen molar-refractivity contribution in [2.24, 2.45) is 5.84 Å². The Morgan fingerprint density at radius 1 is 1.40 bits per heavy atom. The SMILES string of the molecule is CCC(CC)N(CCO)C(=O)c1cc(C)ccc1NN. The quantitative estimate of drug-likeness (QED) is 0.526. The highest BCUT2D eigenvalue weighted by molar-refractivity contribution is 6.00. The highest BCUT2D eigenvalue weighted by Crippen LogP contribution is 2.21. The van der Waals surface area contributed by atoms with Crippen LogP contribution < -0.4 is 11.3 Å². The first-order valence-electron chi connectivity index (χ1n) is 7.08. The average Bonchev–Trinajstić information content (AvgIpc) is 2.46. The van der Waals surface area contributed by atoms with Crippen molar-refractivity contribution in [3.05, 3.63) is 29.3 Å². The van der Waals surface area contributed by atoms with Crippen molar-refractivity contribution in [1.29, 1.82) is 0 Å². The molecule has 1 amide bonds. The van der Waals surface area contributed by atoms with Crippen molar-refractivity contribution in [2.45, 2.75) is 39.7 Å². The predicted octanol–water partition coefficient (Wildman–Crippen LogP) is 1.90. The summed E-state index contributed by atoms with van der Waals surface area (Å²) in [5.74, 6) is 5.39. The number of aryl methyl sites for hydroxylation is 1. The van der Waals surface area contributed by atoms with Crippen LogP contribution in [0.1, 0.15) is 42.6 Å². The molecule has 1 aromatic carbocycles. The molecule has 0 aliphatic rings.